The number of carbonyl (C=O) groups is 2. The molecule has 0 saturated heterocycles. The molecule has 1 unspecified atom stereocenters. The molecule has 1 aliphatic rings. The summed E-state index contributed by atoms with van der Waals surface area (Å²) < 4.78 is 0. The monoisotopic (exact) mass is 184 g/mol. The van der Waals surface area contributed by atoms with Gasteiger partial charge in [-0.05, 0) is 24.7 Å². The van der Waals surface area contributed by atoms with Crippen LogP contribution in [0.5, 0.6) is 0 Å². The largest absolute Gasteiger partial charge is 0.385 e. The van der Waals surface area contributed by atoms with Gasteiger partial charge in [-0.1, -0.05) is 13.8 Å². The van der Waals surface area contributed by atoms with E-state index in [4.69, 9.17) is 0 Å². The first kappa shape index (κ1) is 10.4. The average molecular weight is 184 g/mol. The molecular formula is C10H16O3. The van der Waals surface area contributed by atoms with Crippen molar-refractivity contribution in [2.75, 3.05) is 0 Å². The van der Waals surface area contributed by atoms with Gasteiger partial charge in [0, 0.05) is 5.92 Å². The van der Waals surface area contributed by atoms with Crippen molar-refractivity contribution in [1.29, 1.82) is 0 Å². The van der Waals surface area contributed by atoms with Crippen molar-refractivity contribution in [3.05, 3.63) is 0 Å². The number of Topliss-reactive ketones (excluding diaryl/α,β-unsaturated/α-hetero) is 1. The maximum absolute atomic E-state index is 10.8. The van der Waals surface area contributed by atoms with Crippen molar-refractivity contribution in [3.8, 4) is 0 Å². The molecule has 0 aliphatic heterocycles. The molecule has 1 N–H and O–H groups in total. The van der Waals surface area contributed by atoms with Crippen molar-refractivity contribution in [2.24, 2.45) is 17.3 Å². The Balaban J connectivity index is 2.49. The molecule has 0 spiro atoms. The molecule has 0 aromatic rings. The molecular weight excluding hydrogens is 168 g/mol. The number of aliphatic hydroxyl groups excluding tert-OH is 1. The van der Waals surface area contributed by atoms with Crippen molar-refractivity contribution >= 4 is 12.1 Å². The molecule has 3 nitrogen and oxygen atoms in total. The number of aliphatic hydroxyl groups is 1. The standard InChI is InChI=1S/C10H16O3/c1-6(12)9(13)4-7-8(5-11)10(7,2)3/h5,7-9,13H,4H2,1-3H3/t7-,8+,9?/m0/s1. The summed E-state index contributed by atoms with van der Waals surface area (Å²) in [5.74, 6) is -0.0299. The molecule has 1 saturated carbocycles. The van der Waals surface area contributed by atoms with Gasteiger partial charge in [-0.15, -0.1) is 0 Å². The van der Waals surface area contributed by atoms with Crippen molar-refractivity contribution < 1.29 is 14.7 Å². The number of carbonyl (C=O) groups excluding carboxylic acids is 2. The number of aldehydes is 1. The Labute approximate surface area is 78.1 Å². The van der Waals surface area contributed by atoms with E-state index >= 15 is 0 Å². The van der Waals surface area contributed by atoms with E-state index in [0.29, 0.717) is 6.42 Å². The molecule has 0 aromatic heterocycles. The highest BCUT2D eigenvalue weighted by Gasteiger charge is 2.57. The van der Waals surface area contributed by atoms with Gasteiger partial charge in [0.15, 0.2) is 5.78 Å². The summed E-state index contributed by atoms with van der Waals surface area (Å²) in [4.78, 5) is 21.4. The Kier molecular flexibility index (Phi) is 2.57. The Morgan fingerprint density at radius 1 is 1.62 bits per heavy atom. The Morgan fingerprint density at radius 3 is 2.46 bits per heavy atom. The molecule has 74 valence electrons. The number of rotatable bonds is 4. The predicted molar refractivity (Wildman–Crippen MR) is 48.1 cm³/mol. The average Bonchev–Trinajstić information content (AvgIpc) is 2.52. The second-order valence-electron chi connectivity index (χ2n) is 4.45. The van der Waals surface area contributed by atoms with Gasteiger partial charge in [-0.2, -0.15) is 0 Å². The zero-order chi connectivity index (χ0) is 10.2. The van der Waals surface area contributed by atoms with Crippen molar-refractivity contribution in [2.45, 2.75) is 33.3 Å². The van der Waals surface area contributed by atoms with E-state index in [-0.39, 0.29) is 23.0 Å². The molecule has 1 rings (SSSR count). The van der Waals surface area contributed by atoms with Crippen LogP contribution in [0, 0.1) is 17.3 Å². The highest BCUT2D eigenvalue weighted by atomic mass is 16.3. The minimum Gasteiger partial charge on any atom is -0.385 e. The fourth-order valence-corrected chi connectivity index (χ4v) is 1.91. The molecule has 1 fully saturated rings. The predicted octanol–water partition coefficient (Wildman–Crippen LogP) is 0.797. The van der Waals surface area contributed by atoms with Crippen LogP contribution in [0.4, 0.5) is 0 Å². The molecule has 0 bridgehead atoms. The molecule has 3 atom stereocenters. The second kappa shape index (κ2) is 3.22. The molecule has 0 radical (unpaired) electrons. The van der Waals surface area contributed by atoms with Gasteiger partial charge in [0.1, 0.15) is 12.4 Å². The Hall–Kier alpha value is -0.700. The SMILES string of the molecule is CC(=O)C(O)C[C@H]1[C@@H](C=O)C1(C)C. The molecule has 13 heavy (non-hydrogen) atoms. The van der Waals surface area contributed by atoms with E-state index < -0.39 is 6.10 Å². The third kappa shape index (κ3) is 1.80. The van der Waals surface area contributed by atoms with Crippen LogP contribution in [0.2, 0.25) is 0 Å². The van der Waals surface area contributed by atoms with Gasteiger partial charge < -0.3 is 9.90 Å². The fraction of sp³-hybridized carbons (Fsp3) is 0.800. The summed E-state index contributed by atoms with van der Waals surface area (Å²) in [5.41, 5.74) is -0.0296. The third-order valence-corrected chi connectivity index (χ3v) is 3.23. The quantitative estimate of drug-likeness (QED) is 0.657. The lowest BCUT2D eigenvalue weighted by Crippen LogP contribution is -2.18. The summed E-state index contributed by atoms with van der Waals surface area (Å²) in [7, 11) is 0. The lowest BCUT2D eigenvalue weighted by Gasteiger charge is -2.06. The smallest absolute Gasteiger partial charge is 0.158 e. The van der Waals surface area contributed by atoms with Crippen LogP contribution in [0.25, 0.3) is 0 Å². The van der Waals surface area contributed by atoms with Gasteiger partial charge in [-0.3, -0.25) is 4.79 Å². The first-order valence-corrected chi connectivity index (χ1v) is 4.55. The maximum atomic E-state index is 10.8. The highest BCUT2D eigenvalue weighted by molar-refractivity contribution is 5.80. The minimum absolute atomic E-state index is 0.0153. The van der Waals surface area contributed by atoms with E-state index in [0.717, 1.165) is 6.29 Å². The molecule has 0 amide bonds. The second-order valence-corrected chi connectivity index (χ2v) is 4.45. The molecule has 3 heteroatoms. The summed E-state index contributed by atoms with van der Waals surface area (Å²) >= 11 is 0. The summed E-state index contributed by atoms with van der Waals surface area (Å²) in [6, 6.07) is 0. The maximum Gasteiger partial charge on any atom is 0.158 e. The van der Waals surface area contributed by atoms with Crippen molar-refractivity contribution in [3.63, 3.8) is 0 Å². The molecule has 0 aromatic carbocycles. The zero-order valence-corrected chi connectivity index (χ0v) is 8.28. The first-order valence-electron chi connectivity index (χ1n) is 4.55. The van der Waals surface area contributed by atoms with Gasteiger partial charge in [0.05, 0.1) is 0 Å². The molecule has 0 heterocycles. The van der Waals surface area contributed by atoms with E-state index in [1.807, 2.05) is 13.8 Å². The van der Waals surface area contributed by atoms with Crippen molar-refractivity contribution in [1.82, 2.24) is 0 Å². The van der Waals surface area contributed by atoms with E-state index in [1.165, 1.54) is 6.92 Å². The van der Waals surface area contributed by atoms with Gasteiger partial charge >= 0.3 is 0 Å². The lowest BCUT2D eigenvalue weighted by molar-refractivity contribution is -0.125. The topological polar surface area (TPSA) is 54.4 Å². The molecule has 1 aliphatic carbocycles. The van der Waals surface area contributed by atoms with Gasteiger partial charge in [-0.25, -0.2) is 0 Å². The van der Waals surface area contributed by atoms with Crippen LogP contribution in [-0.2, 0) is 9.59 Å². The normalized spacial score (nSPS) is 32.3. The number of hydrogen-bond donors (Lipinski definition) is 1. The van der Waals surface area contributed by atoms with Crippen LogP contribution in [-0.4, -0.2) is 23.3 Å². The van der Waals surface area contributed by atoms with Gasteiger partial charge in [0.2, 0.25) is 0 Å². The summed E-state index contributed by atoms with van der Waals surface area (Å²) in [6.07, 6.45) is 0.456. The first-order chi connectivity index (χ1) is 5.91. The van der Waals surface area contributed by atoms with E-state index in [2.05, 4.69) is 0 Å². The minimum atomic E-state index is -0.894. The third-order valence-electron chi connectivity index (χ3n) is 3.23. The Bertz CT molecular complexity index is 232. The van der Waals surface area contributed by atoms with Gasteiger partial charge in [0.25, 0.3) is 0 Å². The van der Waals surface area contributed by atoms with Crippen LogP contribution >= 0.6 is 0 Å². The van der Waals surface area contributed by atoms with Crippen LogP contribution in [0.3, 0.4) is 0 Å². The highest BCUT2D eigenvalue weighted by Crippen LogP contribution is 2.59. The van der Waals surface area contributed by atoms with Crippen LogP contribution in [0.15, 0.2) is 0 Å². The van der Waals surface area contributed by atoms with E-state index in [1.54, 1.807) is 0 Å². The van der Waals surface area contributed by atoms with Crippen LogP contribution < -0.4 is 0 Å². The Morgan fingerprint density at radius 2 is 2.15 bits per heavy atom. The fourth-order valence-electron chi connectivity index (χ4n) is 1.91. The van der Waals surface area contributed by atoms with Crippen LogP contribution in [0.1, 0.15) is 27.2 Å². The number of hydrogen-bond acceptors (Lipinski definition) is 3. The summed E-state index contributed by atoms with van der Waals surface area (Å²) in [5, 5.41) is 9.32. The lowest BCUT2D eigenvalue weighted by atomic mass is 10.0. The summed E-state index contributed by atoms with van der Waals surface area (Å²) in [6.45, 7) is 5.35. The zero-order valence-electron chi connectivity index (χ0n) is 8.28. The van der Waals surface area contributed by atoms with E-state index in [9.17, 15) is 14.7 Å². The number of ketones is 1.